The summed E-state index contributed by atoms with van der Waals surface area (Å²) in [5.41, 5.74) is 0.607. The van der Waals surface area contributed by atoms with Crippen LogP contribution in [0.5, 0.6) is 0 Å². The van der Waals surface area contributed by atoms with Crippen molar-refractivity contribution in [1.82, 2.24) is 10.2 Å². The van der Waals surface area contributed by atoms with Crippen molar-refractivity contribution in [2.45, 2.75) is 0 Å². The van der Waals surface area contributed by atoms with Gasteiger partial charge in [0.05, 0.1) is 5.56 Å². The molecule has 0 aliphatic heterocycles. The van der Waals surface area contributed by atoms with Gasteiger partial charge in [-0.05, 0) is 22.9 Å². The molecule has 4 rings (SSSR count). The Morgan fingerprint density at radius 3 is 2.77 bits per heavy atom. The molecule has 0 saturated carbocycles. The molecule has 2 heterocycles. The van der Waals surface area contributed by atoms with Gasteiger partial charge in [-0.15, -0.1) is 10.2 Å². The molecule has 22 heavy (non-hydrogen) atoms. The topological polar surface area (TPSA) is 68.0 Å². The van der Waals surface area contributed by atoms with Crippen molar-refractivity contribution in [3.63, 3.8) is 0 Å². The van der Waals surface area contributed by atoms with E-state index < -0.39 is 5.63 Å². The van der Waals surface area contributed by atoms with E-state index in [4.69, 9.17) is 4.42 Å². The maximum absolute atomic E-state index is 12.2. The molecule has 5 nitrogen and oxygen atoms in total. The largest absolute Gasteiger partial charge is 0.422 e. The molecule has 0 unspecified atom stereocenters. The van der Waals surface area contributed by atoms with Crippen LogP contribution in [-0.2, 0) is 0 Å². The van der Waals surface area contributed by atoms with E-state index in [1.807, 2.05) is 42.5 Å². The van der Waals surface area contributed by atoms with E-state index in [1.54, 1.807) is 7.05 Å². The molecule has 6 heteroatoms. The first-order valence-electron chi connectivity index (χ1n) is 6.73. The van der Waals surface area contributed by atoms with Crippen LogP contribution < -0.4 is 10.9 Å². The van der Waals surface area contributed by atoms with Gasteiger partial charge in [-0.25, -0.2) is 4.79 Å². The van der Waals surface area contributed by atoms with Crippen molar-refractivity contribution in [3.8, 4) is 10.6 Å². The lowest BCUT2D eigenvalue weighted by molar-refractivity contribution is 0.563. The zero-order chi connectivity index (χ0) is 15.1. The van der Waals surface area contributed by atoms with Gasteiger partial charge in [-0.2, -0.15) is 0 Å². The molecule has 1 N–H and O–H groups in total. The minimum absolute atomic E-state index is 0.401. The van der Waals surface area contributed by atoms with Gasteiger partial charge in [0.2, 0.25) is 5.13 Å². The zero-order valence-corrected chi connectivity index (χ0v) is 12.5. The quantitative estimate of drug-likeness (QED) is 0.453. The van der Waals surface area contributed by atoms with E-state index in [0.717, 1.165) is 16.2 Å². The van der Waals surface area contributed by atoms with Gasteiger partial charge in [-0.1, -0.05) is 41.7 Å². The normalized spacial score (nSPS) is 11.1. The third-order valence-electron chi connectivity index (χ3n) is 3.51. The molecule has 0 aliphatic carbocycles. The summed E-state index contributed by atoms with van der Waals surface area (Å²) < 4.78 is 5.46. The summed E-state index contributed by atoms with van der Waals surface area (Å²) in [6.07, 6.45) is 0. The summed E-state index contributed by atoms with van der Waals surface area (Å²) in [5.74, 6) is 0. The van der Waals surface area contributed by atoms with Crippen LogP contribution in [0, 0.1) is 0 Å². The smallest absolute Gasteiger partial charge is 0.346 e. The zero-order valence-electron chi connectivity index (χ0n) is 11.7. The molecule has 0 aliphatic rings. The van der Waals surface area contributed by atoms with E-state index >= 15 is 0 Å². The Labute approximate surface area is 129 Å². The first kappa shape index (κ1) is 13.0. The van der Waals surface area contributed by atoms with Crippen LogP contribution in [0.2, 0.25) is 0 Å². The highest BCUT2D eigenvalue weighted by atomic mass is 32.1. The third-order valence-corrected chi connectivity index (χ3v) is 4.49. The molecule has 0 atom stereocenters. The second-order valence-electron chi connectivity index (χ2n) is 4.81. The van der Waals surface area contributed by atoms with Crippen molar-refractivity contribution < 1.29 is 4.42 Å². The van der Waals surface area contributed by atoms with Gasteiger partial charge < -0.3 is 9.73 Å². The maximum Gasteiger partial charge on any atom is 0.346 e. The molecule has 0 amide bonds. The number of benzene rings is 2. The number of fused-ring (bicyclic) bond motifs is 3. The van der Waals surface area contributed by atoms with Crippen LogP contribution in [-0.4, -0.2) is 17.2 Å². The molecule has 0 saturated heterocycles. The molecule has 2 aromatic heterocycles. The Balaban J connectivity index is 2.05. The number of nitrogens with zero attached hydrogens (tertiary/aromatic N) is 2. The Morgan fingerprint density at radius 1 is 1.09 bits per heavy atom. The van der Waals surface area contributed by atoms with Crippen molar-refractivity contribution in [3.05, 3.63) is 52.9 Å². The summed E-state index contributed by atoms with van der Waals surface area (Å²) in [7, 11) is 1.76. The summed E-state index contributed by atoms with van der Waals surface area (Å²) in [6, 6.07) is 13.6. The highest BCUT2D eigenvalue weighted by Gasteiger charge is 2.14. The Bertz CT molecular complexity index is 1050. The van der Waals surface area contributed by atoms with E-state index in [9.17, 15) is 4.79 Å². The summed E-state index contributed by atoms with van der Waals surface area (Å²) in [4.78, 5) is 12.2. The number of hydrogen-bond acceptors (Lipinski definition) is 6. The molecule has 0 fully saturated rings. The minimum atomic E-state index is -0.401. The van der Waals surface area contributed by atoms with Gasteiger partial charge in [0.1, 0.15) is 5.58 Å². The van der Waals surface area contributed by atoms with Gasteiger partial charge >= 0.3 is 5.63 Å². The van der Waals surface area contributed by atoms with Crippen LogP contribution in [0.25, 0.3) is 32.3 Å². The van der Waals surface area contributed by atoms with E-state index in [2.05, 4.69) is 15.5 Å². The van der Waals surface area contributed by atoms with Crippen LogP contribution in [0.15, 0.2) is 51.7 Å². The van der Waals surface area contributed by atoms with Crippen molar-refractivity contribution in [1.29, 1.82) is 0 Å². The average Bonchev–Trinajstić information content (AvgIpc) is 3.03. The van der Waals surface area contributed by atoms with E-state index in [0.29, 0.717) is 21.3 Å². The van der Waals surface area contributed by atoms with Crippen molar-refractivity contribution >= 4 is 38.2 Å². The monoisotopic (exact) mass is 309 g/mol. The van der Waals surface area contributed by atoms with Crippen molar-refractivity contribution in [2.75, 3.05) is 12.4 Å². The molecular weight excluding hydrogens is 298 g/mol. The summed E-state index contributed by atoms with van der Waals surface area (Å²) in [5, 5.41) is 15.2. The second-order valence-corrected chi connectivity index (χ2v) is 5.79. The Hall–Kier alpha value is -2.73. The highest BCUT2D eigenvalue weighted by Crippen LogP contribution is 2.29. The van der Waals surface area contributed by atoms with Gasteiger partial charge in [-0.3, -0.25) is 0 Å². The Morgan fingerprint density at radius 2 is 1.95 bits per heavy atom. The standard InChI is InChI=1S/C16H11N3O2S/c1-17-16-19-18-14(22-16)12-8-11-10-5-3-2-4-9(10)6-7-13(11)21-15(12)20/h2-8H,1H3,(H,17,19). The summed E-state index contributed by atoms with van der Waals surface area (Å²) >= 11 is 1.32. The predicted octanol–water partition coefficient (Wildman–Crippen LogP) is 3.51. The molecule has 0 spiro atoms. The van der Waals surface area contributed by atoms with Gasteiger partial charge in [0.25, 0.3) is 0 Å². The van der Waals surface area contributed by atoms with Crippen LogP contribution >= 0.6 is 11.3 Å². The van der Waals surface area contributed by atoms with Crippen LogP contribution in [0.4, 0.5) is 5.13 Å². The fraction of sp³-hybridized carbons (Fsp3) is 0.0625. The molecular formula is C16H11N3O2S. The molecule has 108 valence electrons. The molecule has 4 aromatic rings. The number of aromatic nitrogens is 2. The van der Waals surface area contributed by atoms with E-state index in [-0.39, 0.29) is 0 Å². The lowest BCUT2D eigenvalue weighted by Gasteiger charge is -2.03. The maximum atomic E-state index is 12.2. The average molecular weight is 309 g/mol. The Kier molecular flexibility index (Phi) is 2.90. The van der Waals surface area contributed by atoms with Crippen LogP contribution in [0.3, 0.4) is 0 Å². The van der Waals surface area contributed by atoms with Crippen molar-refractivity contribution in [2.24, 2.45) is 0 Å². The fourth-order valence-corrected chi connectivity index (χ4v) is 3.15. The van der Waals surface area contributed by atoms with Crippen LogP contribution in [0.1, 0.15) is 0 Å². The van der Waals surface area contributed by atoms with Gasteiger partial charge in [0.15, 0.2) is 5.01 Å². The lowest BCUT2D eigenvalue weighted by atomic mass is 10.0. The first-order valence-corrected chi connectivity index (χ1v) is 7.55. The number of rotatable bonds is 2. The number of anilines is 1. The summed E-state index contributed by atoms with van der Waals surface area (Å²) in [6.45, 7) is 0. The van der Waals surface area contributed by atoms with E-state index in [1.165, 1.54) is 11.3 Å². The molecule has 2 aromatic carbocycles. The highest BCUT2D eigenvalue weighted by molar-refractivity contribution is 7.18. The van der Waals surface area contributed by atoms with Gasteiger partial charge in [0, 0.05) is 12.4 Å². The lowest BCUT2D eigenvalue weighted by Crippen LogP contribution is -2.02. The number of nitrogens with one attached hydrogen (secondary N) is 1. The second kappa shape index (κ2) is 4.92. The predicted molar refractivity (Wildman–Crippen MR) is 88.4 cm³/mol. The third kappa shape index (κ3) is 1.96. The SMILES string of the molecule is CNc1nnc(-c2cc3c(ccc4ccccc43)oc2=O)s1. The minimum Gasteiger partial charge on any atom is -0.422 e. The number of hydrogen-bond donors (Lipinski definition) is 1. The fourth-order valence-electron chi connectivity index (χ4n) is 2.45. The molecule has 0 radical (unpaired) electrons. The first-order chi connectivity index (χ1) is 10.8. The molecule has 0 bridgehead atoms.